The minimum absolute atomic E-state index is 0.0749. The summed E-state index contributed by atoms with van der Waals surface area (Å²) in [5.74, 6) is -0.754. The van der Waals surface area contributed by atoms with Crippen LogP contribution in [0.15, 0.2) is 47.4 Å². The predicted octanol–water partition coefficient (Wildman–Crippen LogP) is 3.52. The number of sulfonamides is 1. The number of hydrogen-bond donors (Lipinski definition) is 1. The maximum atomic E-state index is 12.3. The zero-order valence-corrected chi connectivity index (χ0v) is 18.0. The number of benzene rings is 2. The second kappa shape index (κ2) is 9.80. The maximum absolute atomic E-state index is 12.3. The van der Waals surface area contributed by atoms with Crippen molar-refractivity contribution in [3.8, 4) is 0 Å². The molecular formula is C22H27NO5S. The van der Waals surface area contributed by atoms with Crippen LogP contribution in [0, 0.1) is 13.8 Å². The number of ether oxygens (including phenoxy) is 1. The Hall–Kier alpha value is -2.51. The van der Waals surface area contributed by atoms with Gasteiger partial charge in [-0.2, -0.15) is 4.72 Å². The minimum Gasteiger partial charge on any atom is -0.456 e. The van der Waals surface area contributed by atoms with Crippen molar-refractivity contribution >= 4 is 21.8 Å². The van der Waals surface area contributed by atoms with E-state index in [4.69, 9.17) is 4.74 Å². The zero-order valence-electron chi connectivity index (χ0n) is 17.2. The van der Waals surface area contributed by atoms with Crippen LogP contribution in [0.25, 0.3) is 0 Å². The molecule has 7 heteroatoms. The number of carbonyl (C=O) groups excluding carboxylic acids is 2. The molecule has 0 heterocycles. The monoisotopic (exact) mass is 417 g/mol. The quantitative estimate of drug-likeness (QED) is 0.498. The highest BCUT2D eigenvalue weighted by atomic mass is 32.2. The van der Waals surface area contributed by atoms with E-state index in [1.54, 1.807) is 18.2 Å². The van der Waals surface area contributed by atoms with Gasteiger partial charge < -0.3 is 4.74 Å². The van der Waals surface area contributed by atoms with E-state index in [1.165, 1.54) is 12.1 Å². The van der Waals surface area contributed by atoms with Gasteiger partial charge in [0.15, 0.2) is 12.4 Å². The first-order valence-corrected chi connectivity index (χ1v) is 11.0. The average Bonchev–Trinajstić information content (AvgIpc) is 2.71. The fourth-order valence-corrected chi connectivity index (χ4v) is 3.69. The molecular weight excluding hydrogens is 390 g/mol. The highest BCUT2D eigenvalue weighted by molar-refractivity contribution is 7.89. The summed E-state index contributed by atoms with van der Waals surface area (Å²) >= 11 is 0. The van der Waals surface area contributed by atoms with Gasteiger partial charge in [0.05, 0.1) is 4.90 Å². The molecule has 1 atom stereocenters. The van der Waals surface area contributed by atoms with Gasteiger partial charge in [0.2, 0.25) is 10.0 Å². The summed E-state index contributed by atoms with van der Waals surface area (Å²) in [6.45, 7) is 6.91. The molecule has 0 bridgehead atoms. The number of rotatable bonds is 9. The van der Waals surface area contributed by atoms with Gasteiger partial charge in [0.1, 0.15) is 6.54 Å². The van der Waals surface area contributed by atoms with Crippen LogP contribution in [0.2, 0.25) is 0 Å². The van der Waals surface area contributed by atoms with E-state index < -0.39 is 29.1 Å². The summed E-state index contributed by atoms with van der Waals surface area (Å²) in [4.78, 5) is 24.1. The van der Waals surface area contributed by atoms with Gasteiger partial charge in [0.25, 0.3) is 0 Å². The summed E-state index contributed by atoms with van der Waals surface area (Å²) in [5.41, 5.74) is 3.39. The lowest BCUT2D eigenvalue weighted by Crippen LogP contribution is -2.31. The molecule has 0 spiro atoms. The van der Waals surface area contributed by atoms with Gasteiger partial charge in [-0.3, -0.25) is 9.59 Å². The van der Waals surface area contributed by atoms with Crippen molar-refractivity contribution in [3.05, 3.63) is 64.7 Å². The van der Waals surface area contributed by atoms with Crippen LogP contribution < -0.4 is 4.72 Å². The highest BCUT2D eigenvalue weighted by Crippen LogP contribution is 2.19. The standard InChI is InChI=1S/C22H27NO5S/c1-5-15(2)18-7-9-19(10-8-18)21(24)14-28-22(25)13-23-29(26,27)20-11-6-16(3)17(4)12-20/h6-12,15,23H,5,13-14H2,1-4H3/t15-/m0/s1. The van der Waals surface area contributed by atoms with E-state index in [-0.39, 0.29) is 10.7 Å². The molecule has 156 valence electrons. The Kier molecular flexibility index (Phi) is 7.70. The van der Waals surface area contributed by atoms with Crippen LogP contribution in [0.5, 0.6) is 0 Å². The fourth-order valence-electron chi connectivity index (χ4n) is 2.63. The number of esters is 1. The van der Waals surface area contributed by atoms with Crippen molar-refractivity contribution in [1.82, 2.24) is 4.72 Å². The number of carbonyl (C=O) groups is 2. The second-order valence-corrected chi connectivity index (χ2v) is 8.85. The van der Waals surface area contributed by atoms with Gasteiger partial charge in [-0.15, -0.1) is 0 Å². The van der Waals surface area contributed by atoms with Crippen LogP contribution in [0.1, 0.15) is 53.2 Å². The van der Waals surface area contributed by atoms with E-state index >= 15 is 0 Å². The van der Waals surface area contributed by atoms with Crippen LogP contribution >= 0.6 is 0 Å². The van der Waals surface area contributed by atoms with Gasteiger partial charge in [-0.1, -0.05) is 44.2 Å². The molecule has 0 fully saturated rings. The molecule has 0 aliphatic rings. The van der Waals surface area contributed by atoms with E-state index in [1.807, 2.05) is 26.0 Å². The SMILES string of the molecule is CC[C@H](C)c1ccc(C(=O)COC(=O)CNS(=O)(=O)c2ccc(C)c(C)c2)cc1. The van der Waals surface area contributed by atoms with Crippen molar-refractivity contribution in [3.63, 3.8) is 0 Å². The summed E-state index contributed by atoms with van der Waals surface area (Å²) in [6.07, 6.45) is 1.00. The molecule has 0 unspecified atom stereocenters. The first-order chi connectivity index (χ1) is 13.6. The summed E-state index contributed by atoms with van der Waals surface area (Å²) in [7, 11) is -3.84. The Morgan fingerprint density at radius 3 is 2.28 bits per heavy atom. The largest absolute Gasteiger partial charge is 0.456 e. The second-order valence-electron chi connectivity index (χ2n) is 7.09. The topological polar surface area (TPSA) is 89.5 Å². The Morgan fingerprint density at radius 2 is 1.69 bits per heavy atom. The predicted molar refractivity (Wildman–Crippen MR) is 112 cm³/mol. The molecule has 1 N–H and O–H groups in total. The summed E-state index contributed by atoms with van der Waals surface area (Å²) in [5, 5.41) is 0. The number of aryl methyl sites for hydroxylation is 2. The number of Topliss-reactive ketones (excluding diaryl/α,β-unsaturated/α-hetero) is 1. The van der Waals surface area contributed by atoms with Crippen molar-refractivity contribution in [2.24, 2.45) is 0 Å². The smallest absolute Gasteiger partial charge is 0.321 e. The zero-order chi connectivity index (χ0) is 21.6. The maximum Gasteiger partial charge on any atom is 0.321 e. The molecule has 0 aliphatic carbocycles. The first kappa shape index (κ1) is 22.8. The van der Waals surface area contributed by atoms with E-state index in [9.17, 15) is 18.0 Å². The molecule has 0 saturated heterocycles. The van der Waals surface area contributed by atoms with Gasteiger partial charge in [-0.25, -0.2) is 8.42 Å². The van der Waals surface area contributed by atoms with Gasteiger partial charge in [0, 0.05) is 5.56 Å². The Bertz CT molecular complexity index is 981. The number of nitrogens with one attached hydrogen (secondary N) is 1. The lowest BCUT2D eigenvalue weighted by atomic mass is 9.97. The normalized spacial score (nSPS) is 12.4. The molecule has 2 aromatic carbocycles. The third-order valence-corrected chi connectivity index (χ3v) is 6.37. The van der Waals surface area contributed by atoms with Crippen LogP contribution in [0.4, 0.5) is 0 Å². The fraction of sp³-hybridized carbons (Fsp3) is 0.364. The Morgan fingerprint density at radius 1 is 1.03 bits per heavy atom. The van der Waals surface area contributed by atoms with Crippen molar-refractivity contribution in [1.29, 1.82) is 0 Å². The van der Waals surface area contributed by atoms with Crippen molar-refractivity contribution in [2.75, 3.05) is 13.2 Å². The highest BCUT2D eigenvalue weighted by Gasteiger charge is 2.17. The van der Waals surface area contributed by atoms with E-state index in [0.717, 1.165) is 23.1 Å². The summed E-state index contributed by atoms with van der Waals surface area (Å²) in [6, 6.07) is 11.9. The van der Waals surface area contributed by atoms with E-state index in [2.05, 4.69) is 18.6 Å². The van der Waals surface area contributed by atoms with Crippen LogP contribution in [0.3, 0.4) is 0 Å². The molecule has 0 aromatic heterocycles. The molecule has 29 heavy (non-hydrogen) atoms. The molecule has 2 aromatic rings. The first-order valence-electron chi connectivity index (χ1n) is 9.49. The lowest BCUT2D eigenvalue weighted by Gasteiger charge is -2.10. The minimum atomic E-state index is -3.84. The van der Waals surface area contributed by atoms with Crippen molar-refractivity contribution in [2.45, 2.75) is 44.9 Å². The van der Waals surface area contributed by atoms with E-state index in [0.29, 0.717) is 11.5 Å². The van der Waals surface area contributed by atoms with Gasteiger partial charge in [-0.05, 0) is 55.0 Å². The number of ketones is 1. The number of hydrogen-bond acceptors (Lipinski definition) is 5. The van der Waals surface area contributed by atoms with Crippen LogP contribution in [-0.4, -0.2) is 33.3 Å². The van der Waals surface area contributed by atoms with Crippen molar-refractivity contribution < 1.29 is 22.7 Å². The molecule has 0 aliphatic heterocycles. The average molecular weight is 418 g/mol. The summed E-state index contributed by atoms with van der Waals surface area (Å²) < 4.78 is 31.7. The molecule has 6 nitrogen and oxygen atoms in total. The van der Waals surface area contributed by atoms with Gasteiger partial charge >= 0.3 is 5.97 Å². The third kappa shape index (κ3) is 6.24. The molecule has 2 rings (SSSR count). The molecule has 0 radical (unpaired) electrons. The third-order valence-electron chi connectivity index (χ3n) is 4.97. The molecule has 0 amide bonds. The Labute approximate surface area is 172 Å². The van der Waals surface area contributed by atoms with Crippen LogP contribution in [-0.2, 0) is 19.6 Å². The Balaban J connectivity index is 1.87. The molecule has 0 saturated carbocycles. The lowest BCUT2D eigenvalue weighted by molar-refractivity contribution is -0.141.